The molecule has 0 saturated heterocycles. The van der Waals surface area contributed by atoms with Crippen LogP contribution in [0.25, 0.3) is 10.9 Å². The molecule has 1 aliphatic rings. The summed E-state index contributed by atoms with van der Waals surface area (Å²) < 4.78 is 1.51. The predicted octanol–water partition coefficient (Wildman–Crippen LogP) is 3.60. The zero-order chi connectivity index (χ0) is 22.8. The average molecular weight is 469 g/mol. The third-order valence-corrected chi connectivity index (χ3v) is 7.63. The predicted molar refractivity (Wildman–Crippen MR) is 130 cm³/mol. The van der Waals surface area contributed by atoms with E-state index in [0.29, 0.717) is 39.1 Å². The largest absolute Gasteiger partial charge is 0.365 e. The van der Waals surface area contributed by atoms with Gasteiger partial charge in [-0.3, -0.25) is 19.0 Å². The second kappa shape index (κ2) is 9.30. The van der Waals surface area contributed by atoms with E-state index < -0.39 is 5.91 Å². The summed E-state index contributed by atoms with van der Waals surface area (Å²) >= 11 is 2.61. The molecule has 0 unspecified atom stereocenters. The van der Waals surface area contributed by atoms with Crippen LogP contribution in [-0.4, -0.2) is 27.1 Å². The van der Waals surface area contributed by atoms with Crippen molar-refractivity contribution in [1.29, 1.82) is 0 Å². The van der Waals surface area contributed by atoms with Crippen LogP contribution in [0.5, 0.6) is 0 Å². The Balaban J connectivity index is 1.56. The molecule has 3 aromatic rings. The Morgan fingerprint density at radius 3 is 2.94 bits per heavy atom. The fourth-order valence-electron chi connectivity index (χ4n) is 3.94. The molecule has 1 aliphatic carbocycles. The quantitative estimate of drug-likeness (QED) is 0.313. The molecule has 2 amide bonds. The number of thioether (sulfide) groups is 1. The van der Waals surface area contributed by atoms with E-state index in [0.717, 1.165) is 29.7 Å². The lowest BCUT2D eigenvalue weighted by Gasteiger charge is -2.18. The number of anilines is 1. The van der Waals surface area contributed by atoms with Crippen LogP contribution in [0.2, 0.25) is 0 Å². The van der Waals surface area contributed by atoms with Crippen molar-refractivity contribution in [3.05, 3.63) is 63.3 Å². The first-order valence-corrected chi connectivity index (χ1v) is 12.2. The van der Waals surface area contributed by atoms with E-state index in [1.54, 1.807) is 24.3 Å². The minimum absolute atomic E-state index is 0.0408. The summed E-state index contributed by atoms with van der Waals surface area (Å²) in [6.45, 7) is 6.19. The highest BCUT2D eigenvalue weighted by atomic mass is 32.2. The summed E-state index contributed by atoms with van der Waals surface area (Å²) in [6.07, 6.45) is 4.31. The molecule has 2 heterocycles. The van der Waals surface area contributed by atoms with Gasteiger partial charge in [-0.05, 0) is 42.9 Å². The summed E-state index contributed by atoms with van der Waals surface area (Å²) in [7, 11) is 0. The van der Waals surface area contributed by atoms with Gasteiger partial charge in [0.1, 0.15) is 5.00 Å². The van der Waals surface area contributed by atoms with Crippen molar-refractivity contribution < 1.29 is 9.59 Å². The second-order valence-electron chi connectivity index (χ2n) is 7.87. The molecule has 0 aliphatic heterocycles. The molecule has 0 fully saturated rings. The Morgan fingerprint density at radius 1 is 1.41 bits per heavy atom. The molecule has 9 heteroatoms. The van der Waals surface area contributed by atoms with E-state index >= 15 is 0 Å². The highest BCUT2D eigenvalue weighted by Gasteiger charge is 2.27. The lowest BCUT2D eigenvalue weighted by atomic mass is 9.88. The Morgan fingerprint density at radius 2 is 2.19 bits per heavy atom. The van der Waals surface area contributed by atoms with Crippen molar-refractivity contribution >= 4 is 50.8 Å². The van der Waals surface area contributed by atoms with Gasteiger partial charge in [-0.1, -0.05) is 36.9 Å². The van der Waals surface area contributed by atoms with E-state index in [-0.39, 0.29) is 17.2 Å². The van der Waals surface area contributed by atoms with Gasteiger partial charge in [0.05, 0.1) is 22.2 Å². The molecular weight excluding hydrogens is 444 g/mol. The Bertz CT molecular complexity index is 1280. The number of thiophene rings is 1. The van der Waals surface area contributed by atoms with E-state index in [9.17, 15) is 14.4 Å². The SMILES string of the molecule is C=CCn1c(SCC(=O)Nc2sc3c(c2C(N)=O)CC[C@@H](C)C3)nc2ccccc2c1=O. The molecule has 0 spiro atoms. The van der Waals surface area contributed by atoms with Gasteiger partial charge in [0.15, 0.2) is 5.16 Å². The van der Waals surface area contributed by atoms with Crippen molar-refractivity contribution in [2.75, 3.05) is 11.1 Å². The lowest BCUT2D eigenvalue weighted by molar-refractivity contribution is -0.113. The summed E-state index contributed by atoms with van der Waals surface area (Å²) in [5.41, 5.74) is 7.45. The molecule has 3 N–H and O–H groups in total. The van der Waals surface area contributed by atoms with Gasteiger partial charge in [-0.15, -0.1) is 17.9 Å². The minimum atomic E-state index is -0.518. The molecule has 166 valence electrons. The van der Waals surface area contributed by atoms with Crippen molar-refractivity contribution in [3.63, 3.8) is 0 Å². The average Bonchev–Trinajstić information content (AvgIpc) is 3.11. The molecule has 2 aromatic heterocycles. The molecule has 32 heavy (non-hydrogen) atoms. The Kier molecular flexibility index (Phi) is 6.48. The molecule has 0 radical (unpaired) electrons. The summed E-state index contributed by atoms with van der Waals surface area (Å²) in [5.74, 6) is -0.215. The highest BCUT2D eigenvalue weighted by Crippen LogP contribution is 2.39. The van der Waals surface area contributed by atoms with Crippen molar-refractivity contribution in [2.24, 2.45) is 11.7 Å². The minimum Gasteiger partial charge on any atom is -0.365 e. The third kappa shape index (κ3) is 4.35. The number of allylic oxidation sites excluding steroid dienone is 1. The Labute approximate surface area is 193 Å². The maximum Gasteiger partial charge on any atom is 0.262 e. The smallest absolute Gasteiger partial charge is 0.262 e. The number of rotatable bonds is 7. The number of nitrogens with zero attached hydrogens (tertiary/aromatic N) is 2. The topological polar surface area (TPSA) is 107 Å². The zero-order valence-electron chi connectivity index (χ0n) is 17.7. The van der Waals surface area contributed by atoms with Gasteiger partial charge < -0.3 is 11.1 Å². The van der Waals surface area contributed by atoms with Gasteiger partial charge in [-0.2, -0.15) is 0 Å². The van der Waals surface area contributed by atoms with Crippen LogP contribution in [-0.2, 0) is 24.2 Å². The fourth-order valence-corrected chi connectivity index (χ4v) is 6.18. The first-order chi connectivity index (χ1) is 15.4. The molecule has 1 atom stereocenters. The van der Waals surface area contributed by atoms with Gasteiger partial charge >= 0.3 is 0 Å². The zero-order valence-corrected chi connectivity index (χ0v) is 19.4. The maximum absolute atomic E-state index is 12.8. The molecule has 1 aromatic carbocycles. The number of hydrogen-bond donors (Lipinski definition) is 2. The summed E-state index contributed by atoms with van der Waals surface area (Å²) in [6, 6.07) is 7.12. The number of primary amides is 1. The van der Waals surface area contributed by atoms with E-state index in [4.69, 9.17) is 5.73 Å². The fraction of sp³-hybridized carbons (Fsp3) is 0.304. The second-order valence-corrected chi connectivity index (χ2v) is 9.92. The van der Waals surface area contributed by atoms with Crippen LogP contribution in [0.1, 0.15) is 34.1 Å². The number of para-hydroxylation sites is 1. The normalized spacial score (nSPS) is 15.3. The number of aromatic nitrogens is 2. The van der Waals surface area contributed by atoms with Crippen LogP contribution in [0, 0.1) is 5.92 Å². The van der Waals surface area contributed by atoms with E-state index in [1.165, 1.54) is 27.7 Å². The van der Waals surface area contributed by atoms with Gasteiger partial charge in [0.2, 0.25) is 5.91 Å². The number of hydrogen-bond acceptors (Lipinski definition) is 6. The molecule has 0 saturated carbocycles. The number of carbonyl (C=O) groups is 2. The van der Waals surface area contributed by atoms with Crippen LogP contribution < -0.4 is 16.6 Å². The van der Waals surface area contributed by atoms with Crippen LogP contribution >= 0.6 is 23.1 Å². The highest BCUT2D eigenvalue weighted by molar-refractivity contribution is 7.99. The number of amides is 2. The molecule has 0 bridgehead atoms. The van der Waals surface area contributed by atoms with Gasteiger partial charge in [0, 0.05) is 11.4 Å². The van der Waals surface area contributed by atoms with E-state index in [2.05, 4.69) is 23.8 Å². The van der Waals surface area contributed by atoms with Crippen LogP contribution in [0.3, 0.4) is 0 Å². The number of carbonyl (C=O) groups excluding carboxylic acids is 2. The number of nitrogens with one attached hydrogen (secondary N) is 1. The van der Waals surface area contributed by atoms with Gasteiger partial charge in [-0.25, -0.2) is 4.98 Å². The van der Waals surface area contributed by atoms with E-state index in [1.807, 2.05) is 6.07 Å². The van der Waals surface area contributed by atoms with Gasteiger partial charge in [0.25, 0.3) is 11.5 Å². The molecule has 7 nitrogen and oxygen atoms in total. The number of benzene rings is 1. The monoisotopic (exact) mass is 468 g/mol. The molecule has 4 rings (SSSR count). The summed E-state index contributed by atoms with van der Waals surface area (Å²) in [5, 5.41) is 4.33. The van der Waals surface area contributed by atoms with Crippen LogP contribution in [0.4, 0.5) is 5.00 Å². The third-order valence-electron chi connectivity index (χ3n) is 5.48. The van der Waals surface area contributed by atoms with Crippen molar-refractivity contribution in [3.8, 4) is 0 Å². The lowest BCUT2D eigenvalue weighted by Crippen LogP contribution is -2.24. The van der Waals surface area contributed by atoms with Crippen molar-refractivity contribution in [1.82, 2.24) is 9.55 Å². The molecular formula is C23H24N4O3S2. The number of nitrogens with two attached hydrogens (primary N) is 1. The van der Waals surface area contributed by atoms with Crippen molar-refractivity contribution in [2.45, 2.75) is 37.9 Å². The Hall–Kier alpha value is -2.91. The first-order valence-electron chi connectivity index (χ1n) is 10.4. The maximum atomic E-state index is 12.8. The standard InChI is InChI=1S/C23H24N4O3S2/c1-3-10-27-22(30)14-6-4-5-7-16(14)25-23(27)31-12-18(28)26-21-19(20(24)29)15-9-8-13(2)11-17(15)32-21/h3-7,13H,1,8-12H2,2H3,(H2,24,29)(H,26,28)/t13-/m1/s1. The first kappa shape index (κ1) is 22.3. The summed E-state index contributed by atoms with van der Waals surface area (Å²) in [4.78, 5) is 43.4. The number of fused-ring (bicyclic) bond motifs is 2. The van der Waals surface area contributed by atoms with Crippen LogP contribution in [0.15, 0.2) is 46.9 Å².